The maximum Gasteiger partial charge on any atom is 0.414 e. The van der Waals surface area contributed by atoms with Gasteiger partial charge in [-0.15, -0.1) is 0 Å². The molecule has 0 spiro atoms. The van der Waals surface area contributed by atoms with E-state index in [-0.39, 0.29) is 6.09 Å². The van der Waals surface area contributed by atoms with E-state index in [2.05, 4.69) is 35.6 Å². The van der Waals surface area contributed by atoms with Crippen LogP contribution in [0.1, 0.15) is 95.5 Å². The first-order valence-electron chi connectivity index (χ1n) is 15.3. The van der Waals surface area contributed by atoms with E-state index in [1.54, 1.807) is 11.9 Å². The summed E-state index contributed by atoms with van der Waals surface area (Å²) in [6.07, 6.45) is 14.7. The molecular formula is C32H57N3O3S2. The fourth-order valence-electron chi connectivity index (χ4n) is 4.67. The quantitative estimate of drug-likeness (QED) is 0.104. The van der Waals surface area contributed by atoms with Crippen molar-refractivity contribution in [2.75, 3.05) is 65.1 Å². The van der Waals surface area contributed by atoms with Crippen LogP contribution in [0.2, 0.25) is 0 Å². The van der Waals surface area contributed by atoms with Gasteiger partial charge in [-0.25, -0.2) is 4.79 Å². The van der Waals surface area contributed by atoms with Crippen LogP contribution in [0.5, 0.6) is 5.75 Å². The summed E-state index contributed by atoms with van der Waals surface area (Å²) >= 11 is 6.22. The van der Waals surface area contributed by atoms with E-state index in [4.69, 9.17) is 4.74 Å². The molecule has 0 N–H and O–H groups in total. The molecule has 0 radical (unpaired) electrons. The third-order valence-electron chi connectivity index (χ3n) is 7.31. The van der Waals surface area contributed by atoms with Gasteiger partial charge in [0.2, 0.25) is 5.91 Å². The Morgan fingerprint density at radius 1 is 0.825 bits per heavy atom. The second kappa shape index (κ2) is 23.2. The SMILES string of the molecule is CSCCCCCCN(CCCCCCS)C(=O)CCCC(C)c1ccc(OC(=O)N(C)CCCN(C)C)cc1. The minimum Gasteiger partial charge on any atom is -0.410 e. The van der Waals surface area contributed by atoms with E-state index in [1.165, 1.54) is 43.4 Å². The summed E-state index contributed by atoms with van der Waals surface area (Å²) in [5.74, 6) is 3.39. The number of hydrogen-bond donors (Lipinski definition) is 1. The van der Waals surface area contributed by atoms with Crippen LogP contribution >= 0.6 is 24.4 Å². The number of amides is 2. The number of thiol groups is 1. The Balaban J connectivity index is 2.47. The Hall–Kier alpha value is -1.38. The van der Waals surface area contributed by atoms with Gasteiger partial charge in [0, 0.05) is 33.1 Å². The summed E-state index contributed by atoms with van der Waals surface area (Å²) in [4.78, 5) is 31.3. The Morgan fingerprint density at radius 3 is 2.05 bits per heavy atom. The zero-order chi connectivity index (χ0) is 29.6. The fourth-order valence-corrected chi connectivity index (χ4v) is 5.39. The molecule has 0 saturated heterocycles. The normalized spacial score (nSPS) is 12.0. The lowest BCUT2D eigenvalue weighted by molar-refractivity contribution is -0.131. The van der Waals surface area contributed by atoms with Crippen LogP contribution < -0.4 is 4.74 Å². The topological polar surface area (TPSA) is 53.1 Å². The van der Waals surface area contributed by atoms with Crippen molar-refractivity contribution in [3.8, 4) is 5.75 Å². The maximum atomic E-state index is 13.1. The molecule has 0 saturated carbocycles. The van der Waals surface area contributed by atoms with Gasteiger partial charge in [0.1, 0.15) is 5.75 Å². The standard InChI is InChI=1S/C32H57N3O3S2/c1-28(29-18-20-30(21-19-29)38-32(37)34(4)23-15-22-33(2)3)16-14-17-31(36)35(24-10-6-8-12-26-39)25-11-7-9-13-27-40-5/h18-21,28,39H,6-17,22-27H2,1-5H3. The van der Waals surface area contributed by atoms with E-state index in [0.717, 1.165) is 63.9 Å². The average Bonchev–Trinajstić information content (AvgIpc) is 2.93. The Bertz CT molecular complexity index is 792. The van der Waals surface area contributed by atoms with Crippen LogP contribution in [0.15, 0.2) is 24.3 Å². The van der Waals surface area contributed by atoms with Crippen molar-refractivity contribution in [2.24, 2.45) is 0 Å². The third-order valence-corrected chi connectivity index (χ3v) is 8.32. The van der Waals surface area contributed by atoms with Gasteiger partial charge in [0.25, 0.3) is 0 Å². The van der Waals surface area contributed by atoms with Gasteiger partial charge in [-0.2, -0.15) is 24.4 Å². The second-order valence-electron chi connectivity index (χ2n) is 11.2. The summed E-state index contributed by atoms with van der Waals surface area (Å²) in [6, 6.07) is 7.82. The molecule has 1 unspecified atom stereocenters. The predicted molar refractivity (Wildman–Crippen MR) is 176 cm³/mol. The highest BCUT2D eigenvalue weighted by molar-refractivity contribution is 7.98. The summed E-state index contributed by atoms with van der Waals surface area (Å²) in [7, 11) is 5.82. The molecule has 1 aromatic rings. The van der Waals surface area contributed by atoms with Crippen LogP contribution in [-0.2, 0) is 4.79 Å². The van der Waals surface area contributed by atoms with Gasteiger partial charge in [-0.05, 0) is 107 Å². The predicted octanol–water partition coefficient (Wildman–Crippen LogP) is 7.58. The number of nitrogens with zero attached hydrogens (tertiary/aromatic N) is 3. The molecule has 6 nitrogen and oxygen atoms in total. The molecule has 0 fully saturated rings. The first-order valence-corrected chi connectivity index (χ1v) is 17.4. The Labute approximate surface area is 255 Å². The van der Waals surface area contributed by atoms with Gasteiger partial charge < -0.3 is 19.4 Å². The minimum absolute atomic E-state index is 0.308. The van der Waals surface area contributed by atoms with Crippen molar-refractivity contribution in [3.63, 3.8) is 0 Å². The third kappa shape index (κ3) is 17.4. The highest BCUT2D eigenvalue weighted by Crippen LogP contribution is 2.24. The molecule has 1 rings (SSSR count). The number of carbonyl (C=O) groups excluding carboxylic acids is 2. The monoisotopic (exact) mass is 595 g/mol. The van der Waals surface area contributed by atoms with Crippen molar-refractivity contribution >= 4 is 36.4 Å². The van der Waals surface area contributed by atoms with Crippen molar-refractivity contribution in [1.29, 1.82) is 0 Å². The van der Waals surface area contributed by atoms with E-state index in [0.29, 0.717) is 30.5 Å². The summed E-state index contributed by atoms with van der Waals surface area (Å²) in [5.41, 5.74) is 1.21. The van der Waals surface area contributed by atoms with Crippen LogP contribution in [0.25, 0.3) is 0 Å². The summed E-state index contributed by atoms with van der Waals surface area (Å²) in [5, 5.41) is 0. The van der Waals surface area contributed by atoms with Crippen molar-refractivity contribution in [1.82, 2.24) is 14.7 Å². The first-order chi connectivity index (χ1) is 19.3. The number of thioether (sulfide) groups is 1. The number of carbonyl (C=O) groups is 2. The number of unbranched alkanes of at least 4 members (excludes halogenated alkanes) is 6. The van der Waals surface area contributed by atoms with E-state index < -0.39 is 0 Å². The highest BCUT2D eigenvalue weighted by Gasteiger charge is 2.15. The van der Waals surface area contributed by atoms with Crippen molar-refractivity contribution in [3.05, 3.63) is 29.8 Å². The fraction of sp³-hybridized carbons (Fsp3) is 0.750. The van der Waals surface area contributed by atoms with E-state index >= 15 is 0 Å². The molecule has 2 amide bonds. The molecular weight excluding hydrogens is 539 g/mol. The Morgan fingerprint density at radius 2 is 1.45 bits per heavy atom. The largest absolute Gasteiger partial charge is 0.414 e. The molecule has 230 valence electrons. The van der Waals surface area contributed by atoms with Crippen LogP contribution in [-0.4, -0.2) is 91.8 Å². The molecule has 8 heteroatoms. The van der Waals surface area contributed by atoms with Gasteiger partial charge in [0.05, 0.1) is 0 Å². The van der Waals surface area contributed by atoms with Crippen molar-refractivity contribution in [2.45, 2.75) is 89.9 Å². The molecule has 0 bridgehead atoms. The average molecular weight is 596 g/mol. The zero-order valence-corrected chi connectivity index (χ0v) is 27.7. The number of rotatable bonds is 23. The lowest BCUT2D eigenvalue weighted by Gasteiger charge is -2.23. The summed E-state index contributed by atoms with van der Waals surface area (Å²) < 4.78 is 5.54. The smallest absolute Gasteiger partial charge is 0.410 e. The first kappa shape index (κ1) is 36.6. The molecule has 1 aromatic carbocycles. The van der Waals surface area contributed by atoms with Crippen molar-refractivity contribution < 1.29 is 14.3 Å². The molecule has 0 aliphatic carbocycles. The molecule has 1 atom stereocenters. The second-order valence-corrected chi connectivity index (χ2v) is 12.7. The number of benzene rings is 1. The molecule has 0 aliphatic heterocycles. The minimum atomic E-state index is -0.329. The number of hydrogen-bond acceptors (Lipinski definition) is 6. The molecule has 40 heavy (non-hydrogen) atoms. The zero-order valence-electron chi connectivity index (χ0n) is 26.0. The lowest BCUT2D eigenvalue weighted by Crippen LogP contribution is -2.32. The lowest BCUT2D eigenvalue weighted by atomic mass is 9.95. The molecule has 0 aromatic heterocycles. The summed E-state index contributed by atoms with van der Waals surface area (Å²) in [6.45, 7) is 5.58. The van der Waals surface area contributed by atoms with Gasteiger partial charge in [-0.3, -0.25) is 4.79 Å². The van der Waals surface area contributed by atoms with E-state index in [1.807, 2.05) is 50.1 Å². The number of ether oxygens (including phenoxy) is 1. The maximum absolute atomic E-state index is 13.1. The van der Waals surface area contributed by atoms with Gasteiger partial charge in [0.15, 0.2) is 0 Å². The van der Waals surface area contributed by atoms with Gasteiger partial charge >= 0.3 is 6.09 Å². The van der Waals surface area contributed by atoms with E-state index in [9.17, 15) is 9.59 Å². The van der Waals surface area contributed by atoms with Crippen LogP contribution in [0.4, 0.5) is 4.79 Å². The van der Waals surface area contributed by atoms with Crippen LogP contribution in [0, 0.1) is 0 Å². The van der Waals surface area contributed by atoms with Crippen LogP contribution in [0.3, 0.4) is 0 Å². The van der Waals surface area contributed by atoms with Gasteiger partial charge in [-0.1, -0.05) is 44.7 Å². The highest BCUT2D eigenvalue weighted by atomic mass is 32.2. The molecule has 0 heterocycles. The Kier molecular flexibility index (Phi) is 21.3. The molecule has 0 aliphatic rings.